The van der Waals surface area contributed by atoms with E-state index in [9.17, 15) is 4.79 Å². The average Bonchev–Trinajstić information content (AvgIpc) is 2.93. The number of amides is 1. The lowest BCUT2D eigenvalue weighted by molar-refractivity contribution is -0.131. The highest BCUT2D eigenvalue weighted by Crippen LogP contribution is 2.37. The Hall–Kier alpha value is -2.18. The lowest BCUT2D eigenvalue weighted by atomic mass is 10.1. The molecule has 1 N–H and O–H groups in total. The first-order chi connectivity index (χ1) is 11.2. The maximum absolute atomic E-state index is 12.4. The SMILES string of the molecule is Cc1cnn(CC(=O)N2CCC(Cc3nc(C4CC4)n[nH]3)C2)c1. The van der Waals surface area contributed by atoms with Crippen molar-refractivity contribution in [3.63, 3.8) is 0 Å². The van der Waals surface area contributed by atoms with E-state index >= 15 is 0 Å². The molecule has 1 saturated heterocycles. The molecule has 23 heavy (non-hydrogen) atoms. The van der Waals surface area contributed by atoms with Gasteiger partial charge in [-0.2, -0.15) is 10.2 Å². The highest BCUT2D eigenvalue weighted by Gasteiger charge is 2.30. The van der Waals surface area contributed by atoms with Crippen molar-refractivity contribution in [1.82, 2.24) is 29.9 Å². The molecule has 1 unspecified atom stereocenters. The molecule has 0 aromatic carbocycles. The number of nitrogens with zero attached hydrogens (tertiary/aromatic N) is 5. The average molecular weight is 314 g/mol. The van der Waals surface area contributed by atoms with E-state index in [0.29, 0.717) is 18.4 Å². The Kier molecular flexibility index (Phi) is 3.63. The Balaban J connectivity index is 1.30. The molecule has 1 amide bonds. The van der Waals surface area contributed by atoms with Gasteiger partial charge in [0.15, 0.2) is 5.82 Å². The van der Waals surface area contributed by atoms with Crippen LogP contribution in [0.5, 0.6) is 0 Å². The minimum atomic E-state index is 0.145. The summed E-state index contributed by atoms with van der Waals surface area (Å²) in [6.45, 7) is 3.94. The summed E-state index contributed by atoms with van der Waals surface area (Å²) in [5, 5.41) is 11.6. The fraction of sp³-hybridized carbons (Fsp3) is 0.625. The van der Waals surface area contributed by atoms with Crippen LogP contribution in [-0.2, 0) is 17.8 Å². The number of hydrogen-bond acceptors (Lipinski definition) is 4. The molecule has 0 radical (unpaired) electrons. The smallest absolute Gasteiger partial charge is 0.244 e. The Morgan fingerprint density at radius 3 is 3.00 bits per heavy atom. The van der Waals surface area contributed by atoms with E-state index in [1.165, 1.54) is 12.8 Å². The summed E-state index contributed by atoms with van der Waals surface area (Å²) in [4.78, 5) is 18.9. The van der Waals surface area contributed by atoms with E-state index in [0.717, 1.165) is 43.1 Å². The molecule has 0 bridgehead atoms. The Morgan fingerprint density at radius 2 is 2.26 bits per heavy atom. The standard InChI is InChI=1S/C16H22N6O/c1-11-7-17-22(8-11)10-15(23)21-5-4-12(9-21)6-14-18-16(20-19-14)13-2-3-13/h7-8,12-13H,2-6,9-10H2,1H3,(H,18,19,20). The molecule has 1 aliphatic carbocycles. The Labute approximate surface area is 135 Å². The van der Waals surface area contributed by atoms with Crippen LogP contribution in [0.3, 0.4) is 0 Å². The molecular weight excluding hydrogens is 292 g/mol. The van der Waals surface area contributed by atoms with Gasteiger partial charge in [0.25, 0.3) is 0 Å². The predicted molar refractivity (Wildman–Crippen MR) is 83.7 cm³/mol. The van der Waals surface area contributed by atoms with Gasteiger partial charge in [0, 0.05) is 31.6 Å². The number of hydrogen-bond donors (Lipinski definition) is 1. The minimum Gasteiger partial charge on any atom is -0.341 e. The summed E-state index contributed by atoms with van der Waals surface area (Å²) in [6.07, 6.45) is 8.03. The molecule has 122 valence electrons. The minimum absolute atomic E-state index is 0.145. The number of nitrogens with one attached hydrogen (secondary N) is 1. The van der Waals surface area contributed by atoms with E-state index in [1.54, 1.807) is 10.9 Å². The molecule has 0 spiro atoms. The van der Waals surface area contributed by atoms with Crippen molar-refractivity contribution in [2.45, 2.75) is 45.1 Å². The van der Waals surface area contributed by atoms with Gasteiger partial charge in [0.05, 0.1) is 6.20 Å². The van der Waals surface area contributed by atoms with E-state index in [2.05, 4.69) is 20.3 Å². The third-order valence-electron chi connectivity index (χ3n) is 4.67. The Morgan fingerprint density at radius 1 is 1.39 bits per heavy atom. The first-order valence-electron chi connectivity index (χ1n) is 8.35. The highest BCUT2D eigenvalue weighted by atomic mass is 16.2. The van der Waals surface area contributed by atoms with E-state index in [4.69, 9.17) is 0 Å². The van der Waals surface area contributed by atoms with Gasteiger partial charge in [0.2, 0.25) is 5.91 Å². The quantitative estimate of drug-likeness (QED) is 0.901. The molecule has 2 aliphatic rings. The van der Waals surface area contributed by atoms with Crippen LogP contribution in [0.4, 0.5) is 0 Å². The van der Waals surface area contributed by atoms with Crippen molar-refractivity contribution in [2.75, 3.05) is 13.1 Å². The van der Waals surface area contributed by atoms with Gasteiger partial charge in [-0.25, -0.2) is 4.98 Å². The van der Waals surface area contributed by atoms with Crippen molar-refractivity contribution < 1.29 is 4.79 Å². The van der Waals surface area contributed by atoms with Crippen LogP contribution in [-0.4, -0.2) is 48.9 Å². The predicted octanol–water partition coefficient (Wildman–Crippen LogP) is 1.28. The Bertz CT molecular complexity index is 701. The maximum Gasteiger partial charge on any atom is 0.244 e. The number of likely N-dealkylation sites (tertiary alicyclic amines) is 1. The van der Waals surface area contributed by atoms with Crippen molar-refractivity contribution in [3.05, 3.63) is 29.6 Å². The summed E-state index contributed by atoms with van der Waals surface area (Å²) < 4.78 is 1.71. The molecule has 1 atom stereocenters. The van der Waals surface area contributed by atoms with Crippen LogP contribution >= 0.6 is 0 Å². The van der Waals surface area contributed by atoms with Gasteiger partial charge in [-0.1, -0.05) is 0 Å². The molecular formula is C16H22N6O. The number of aromatic nitrogens is 5. The number of aromatic amines is 1. The normalized spacial score (nSPS) is 21.1. The number of H-pyrrole nitrogens is 1. The van der Waals surface area contributed by atoms with Crippen LogP contribution in [0.15, 0.2) is 12.4 Å². The second-order valence-electron chi connectivity index (χ2n) is 6.83. The van der Waals surface area contributed by atoms with Gasteiger partial charge < -0.3 is 4.90 Å². The molecule has 1 saturated carbocycles. The first kappa shape index (κ1) is 14.4. The third kappa shape index (κ3) is 3.28. The monoisotopic (exact) mass is 314 g/mol. The van der Waals surface area contributed by atoms with Crippen LogP contribution < -0.4 is 0 Å². The van der Waals surface area contributed by atoms with Crippen LogP contribution in [0, 0.1) is 12.8 Å². The largest absolute Gasteiger partial charge is 0.341 e. The van der Waals surface area contributed by atoms with E-state index in [1.807, 2.05) is 18.0 Å². The second-order valence-corrected chi connectivity index (χ2v) is 6.83. The zero-order valence-corrected chi connectivity index (χ0v) is 13.4. The third-order valence-corrected chi connectivity index (χ3v) is 4.67. The van der Waals surface area contributed by atoms with Gasteiger partial charge in [-0.3, -0.25) is 14.6 Å². The van der Waals surface area contributed by atoms with Gasteiger partial charge in [-0.15, -0.1) is 0 Å². The number of aryl methyl sites for hydroxylation is 1. The summed E-state index contributed by atoms with van der Waals surface area (Å²) in [7, 11) is 0. The molecule has 7 nitrogen and oxygen atoms in total. The summed E-state index contributed by atoms with van der Waals surface area (Å²) >= 11 is 0. The molecule has 2 aromatic rings. The van der Waals surface area contributed by atoms with E-state index in [-0.39, 0.29) is 5.91 Å². The number of carbonyl (C=O) groups excluding carboxylic acids is 1. The van der Waals surface area contributed by atoms with Crippen molar-refractivity contribution in [3.8, 4) is 0 Å². The fourth-order valence-corrected chi connectivity index (χ4v) is 3.22. The van der Waals surface area contributed by atoms with Crippen molar-refractivity contribution in [1.29, 1.82) is 0 Å². The summed E-state index contributed by atoms with van der Waals surface area (Å²) in [5.74, 6) is 3.14. The fourth-order valence-electron chi connectivity index (χ4n) is 3.22. The lowest BCUT2D eigenvalue weighted by Gasteiger charge is -2.16. The van der Waals surface area contributed by atoms with Crippen molar-refractivity contribution >= 4 is 5.91 Å². The van der Waals surface area contributed by atoms with Crippen molar-refractivity contribution in [2.24, 2.45) is 5.92 Å². The highest BCUT2D eigenvalue weighted by molar-refractivity contribution is 5.76. The zero-order chi connectivity index (χ0) is 15.8. The van der Waals surface area contributed by atoms with Crippen LogP contribution in [0.25, 0.3) is 0 Å². The topological polar surface area (TPSA) is 79.7 Å². The van der Waals surface area contributed by atoms with E-state index < -0.39 is 0 Å². The molecule has 1 aliphatic heterocycles. The number of rotatable bonds is 5. The summed E-state index contributed by atoms with van der Waals surface area (Å²) in [6, 6.07) is 0. The lowest BCUT2D eigenvalue weighted by Crippen LogP contribution is -2.32. The second kappa shape index (κ2) is 5.79. The maximum atomic E-state index is 12.4. The van der Waals surface area contributed by atoms with Gasteiger partial charge >= 0.3 is 0 Å². The molecule has 4 rings (SSSR count). The molecule has 3 heterocycles. The molecule has 7 heteroatoms. The van der Waals surface area contributed by atoms with Crippen LogP contribution in [0.1, 0.15) is 42.4 Å². The van der Waals surface area contributed by atoms with Gasteiger partial charge in [0.1, 0.15) is 12.4 Å². The van der Waals surface area contributed by atoms with Crippen LogP contribution in [0.2, 0.25) is 0 Å². The summed E-state index contributed by atoms with van der Waals surface area (Å²) in [5.41, 5.74) is 1.08. The number of carbonyl (C=O) groups is 1. The zero-order valence-electron chi connectivity index (χ0n) is 13.4. The molecule has 2 aromatic heterocycles. The first-order valence-corrected chi connectivity index (χ1v) is 8.35. The van der Waals surface area contributed by atoms with Gasteiger partial charge in [-0.05, 0) is 37.7 Å². The molecule has 2 fully saturated rings.